The molecule has 162 valence electrons. The summed E-state index contributed by atoms with van der Waals surface area (Å²) >= 11 is 6.32. The molecule has 0 aliphatic carbocycles. The van der Waals surface area contributed by atoms with Gasteiger partial charge in [0.05, 0.1) is 0 Å². The third-order valence-electron chi connectivity index (χ3n) is 4.29. The second-order valence-corrected chi connectivity index (χ2v) is 6.83. The Balaban J connectivity index is 0.00000420. The van der Waals surface area contributed by atoms with Crippen LogP contribution in [0.25, 0.3) is 0 Å². The molecule has 2 rings (SSSR count). The number of halogens is 2. The van der Waals surface area contributed by atoms with Crippen LogP contribution in [0.1, 0.15) is 31.7 Å². The molecule has 1 heterocycles. The molecule has 0 saturated carbocycles. The van der Waals surface area contributed by atoms with Crippen molar-refractivity contribution in [1.82, 2.24) is 25.0 Å². The molecule has 0 fully saturated rings. The smallest absolute Gasteiger partial charge is 0.194 e. The highest BCUT2D eigenvalue weighted by Gasteiger charge is 2.10. The van der Waals surface area contributed by atoms with E-state index >= 15 is 0 Å². The standard InChI is InChI=1S/C20H31ClN6O.HI/c1-4-19-25-24-16-27(19)13-12-23-20(22-11-8-14-28-5-2)26(3)15-17-9-6-7-10-18(17)21;/h6-7,9-10,16H,4-5,8,11-15H2,1-3H3,(H,22,23);1H. The summed E-state index contributed by atoms with van der Waals surface area (Å²) in [6.45, 7) is 8.46. The molecule has 29 heavy (non-hydrogen) atoms. The van der Waals surface area contributed by atoms with Crippen LogP contribution in [0.3, 0.4) is 0 Å². The Morgan fingerprint density at radius 1 is 1.31 bits per heavy atom. The fourth-order valence-electron chi connectivity index (χ4n) is 2.79. The molecular weight excluding hydrogens is 503 g/mol. The maximum absolute atomic E-state index is 6.32. The lowest BCUT2D eigenvalue weighted by Crippen LogP contribution is -2.40. The van der Waals surface area contributed by atoms with Gasteiger partial charge in [0.25, 0.3) is 0 Å². The zero-order valence-corrected chi connectivity index (χ0v) is 20.6. The van der Waals surface area contributed by atoms with Crippen molar-refractivity contribution in [1.29, 1.82) is 0 Å². The van der Waals surface area contributed by atoms with Crippen LogP contribution in [0.5, 0.6) is 0 Å². The molecule has 9 heteroatoms. The van der Waals surface area contributed by atoms with E-state index in [1.165, 1.54) is 0 Å². The van der Waals surface area contributed by atoms with Crippen molar-refractivity contribution < 1.29 is 4.74 Å². The number of hydrogen-bond acceptors (Lipinski definition) is 4. The predicted molar refractivity (Wildman–Crippen MR) is 129 cm³/mol. The van der Waals surface area contributed by atoms with Gasteiger partial charge in [0.15, 0.2) is 5.96 Å². The number of hydrogen-bond donors (Lipinski definition) is 1. The topological polar surface area (TPSA) is 67.6 Å². The van der Waals surface area contributed by atoms with E-state index in [0.29, 0.717) is 13.1 Å². The van der Waals surface area contributed by atoms with Gasteiger partial charge in [-0.3, -0.25) is 4.99 Å². The molecule has 1 N–H and O–H groups in total. The van der Waals surface area contributed by atoms with Crippen LogP contribution in [0.2, 0.25) is 5.02 Å². The van der Waals surface area contributed by atoms with Crippen molar-refractivity contribution >= 4 is 41.5 Å². The summed E-state index contributed by atoms with van der Waals surface area (Å²) in [6.07, 6.45) is 3.53. The normalized spacial score (nSPS) is 11.2. The largest absolute Gasteiger partial charge is 0.382 e. The predicted octanol–water partition coefficient (Wildman–Crippen LogP) is 3.62. The summed E-state index contributed by atoms with van der Waals surface area (Å²) in [5.74, 6) is 1.84. The number of nitrogens with zero attached hydrogens (tertiary/aromatic N) is 5. The van der Waals surface area contributed by atoms with Gasteiger partial charge >= 0.3 is 0 Å². The number of aromatic nitrogens is 3. The zero-order chi connectivity index (χ0) is 20.2. The molecule has 0 aliphatic rings. The molecule has 2 aromatic rings. The SMILES string of the molecule is CCOCCCN=C(NCCn1cnnc1CC)N(C)Cc1ccccc1Cl.I. The van der Waals surface area contributed by atoms with Gasteiger partial charge in [-0.25, -0.2) is 0 Å². The van der Waals surface area contributed by atoms with E-state index < -0.39 is 0 Å². The molecule has 0 radical (unpaired) electrons. The van der Waals surface area contributed by atoms with Gasteiger partial charge in [0.2, 0.25) is 0 Å². The van der Waals surface area contributed by atoms with E-state index in [9.17, 15) is 0 Å². The quantitative estimate of drug-likeness (QED) is 0.206. The van der Waals surface area contributed by atoms with Crippen molar-refractivity contribution in [3.63, 3.8) is 0 Å². The Labute approximate surface area is 195 Å². The summed E-state index contributed by atoms with van der Waals surface area (Å²) in [4.78, 5) is 6.84. The van der Waals surface area contributed by atoms with Gasteiger partial charge < -0.3 is 19.5 Å². The molecule has 0 bridgehead atoms. The Bertz CT molecular complexity index is 739. The van der Waals surface area contributed by atoms with Gasteiger partial charge in [0, 0.05) is 57.9 Å². The molecule has 1 aromatic heterocycles. The summed E-state index contributed by atoms with van der Waals surface area (Å²) in [5, 5.41) is 12.3. The van der Waals surface area contributed by atoms with Crippen molar-refractivity contribution in [2.45, 2.75) is 39.8 Å². The van der Waals surface area contributed by atoms with Gasteiger partial charge in [-0.05, 0) is 25.0 Å². The van der Waals surface area contributed by atoms with Crippen LogP contribution >= 0.6 is 35.6 Å². The number of aliphatic imine (C=N–C) groups is 1. The molecule has 0 spiro atoms. The number of benzene rings is 1. The molecule has 0 amide bonds. The van der Waals surface area contributed by atoms with Gasteiger partial charge in [0.1, 0.15) is 12.2 Å². The van der Waals surface area contributed by atoms with E-state index in [4.69, 9.17) is 21.3 Å². The van der Waals surface area contributed by atoms with Gasteiger partial charge in [-0.15, -0.1) is 34.2 Å². The first-order valence-corrected chi connectivity index (χ1v) is 10.2. The Morgan fingerprint density at radius 2 is 2.10 bits per heavy atom. The Kier molecular flexibility index (Phi) is 12.9. The third-order valence-corrected chi connectivity index (χ3v) is 4.66. The minimum Gasteiger partial charge on any atom is -0.382 e. The van der Waals surface area contributed by atoms with Crippen LogP contribution < -0.4 is 5.32 Å². The van der Waals surface area contributed by atoms with E-state index in [0.717, 1.165) is 61.5 Å². The van der Waals surface area contributed by atoms with E-state index in [2.05, 4.69) is 31.9 Å². The van der Waals surface area contributed by atoms with Crippen LogP contribution in [-0.2, 0) is 24.2 Å². The average molecular weight is 535 g/mol. The molecular formula is C20H32ClIN6O. The van der Waals surface area contributed by atoms with Crippen LogP contribution in [-0.4, -0.2) is 59.0 Å². The molecule has 0 atom stereocenters. The molecule has 0 saturated heterocycles. The first kappa shape index (κ1) is 25.6. The number of rotatable bonds is 11. The summed E-state index contributed by atoms with van der Waals surface area (Å²) in [5.41, 5.74) is 1.07. The van der Waals surface area contributed by atoms with Crippen molar-refractivity contribution in [3.8, 4) is 0 Å². The number of nitrogens with one attached hydrogen (secondary N) is 1. The Hall–Kier alpha value is -1.39. The monoisotopic (exact) mass is 534 g/mol. The van der Waals surface area contributed by atoms with E-state index in [-0.39, 0.29) is 24.0 Å². The Morgan fingerprint density at radius 3 is 2.83 bits per heavy atom. The molecule has 7 nitrogen and oxygen atoms in total. The highest BCUT2D eigenvalue weighted by molar-refractivity contribution is 14.0. The van der Waals surface area contributed by atoms with Crippen LogP contribution in [0.15, 0.2) is 35.6 Å². The van der Waals surface area contributed by atoms with Crippen molar-refractivity contribution in [2.24, 2.45) is 4.99 Å². The van der Waals surface area contributed by atoms with Gasteiger partial charge in [-0.2, -0.15) is 0 Å². The second-order valence-electron chi connectivity index (χ2n) is 6.42. The highest BCUT2D eigenvalue weighted by atomic mass is 127. The fraction of sp³-hybridized carbons (Fsp3) is 0.550. The average Bonchev–Trinajstić information content (AvgIpc) is 3.15. The van der Waals surface area contributed by atoms with Crippen LogP contribution in [0.4, 0.5) is 0 Å². The third kappa shape index (κ3) is 8.88. The summed E-state index contributed by atoms with van der Waals surface area (Å²) in [7, 11) is 2.02. The lowest BCUT2D eigenvalue weighted by atomic mass is 10.2. The minimum absolute atomic E-state index is 0. The summed E-state index contributed by atoms with van der Waals surface area (Å²) in [6, 6.07) is 7.89. The number of guanidine groups is 1. The van der Waals surface area contributed by atoms with Crippen molar-refractivity contribution in [2.75, 3.05) is 33.4 Å². The maximum Gasteiger partial charge on any atom is 0.194 e. The maximum atomic E-state index is 6.32. The lowest BCUT2D eigenvalue weighted by Gasteiger charge is -2.23. The first-order valence-electron chi connectivity index (χ1n) is 9.83. The zero-order valence-electron chi connectivity index (χ0n) is 17.5. The first-order chi connectivity index (χ1) is 13.7. The van der Waals surface area contributed by atoms with E-state index in [1.807, 2.05) is 38.2 Å². The second kappa shape index (κ2) is 14.6. The number of aryl methyl sites for hydroxylation is 1. The highest BCUT2D eigenvalue weighted by Crippen LogP contribution is 2.16. The molecule has 0 unspecified atom stereocenters. The van der Waals surface area contributed by atoms with Gasteiger partial charge in [-0.1, -0.05) is 36.7 Å². The molecule has 0 aliphatic heterocycles. The number of ether oxygens (including phenoxy) is 1. The summed E-state index contributed by atoms with van der Waals surface area (Å²) < 4.78 is 7.47. The minimum atomic E-state index is 0. The lowest BCUT2D eigenvalue weighted by molar-refractivity contribution is 0.146. The van der Waals surface area contributed by atoms with Crippen LogP contribution in [0, 0.1) is 0 Å². The molecule has 1 aromatic carbocycles. The van der Waals surface area contributed by atoms with E-state index in [1.54, 1.807) is 6.33 Å². The fourth-order valence-corrected chi connectivity index (χ4v) is 2.99. The van der Waals surface area contributed by atoms with Crippen molar-refractivity contribution in [3.05, 3.63) is 47.0 Å².